The van der Waals surface area contributed by atoms with Crippen molar-refractivity contribution in [3.05, 3.63) is 11.6 Å². The van der Waals surface area contributed by atoms with Crippen molar-refractivity contribution < 1.29 is 5.11 Å². The zero-order valence-electron chi connectivity index (χ0n) is 12.3. The number of fused-ring (bicyclic) bond motifs is 1. The Morgan fingerprint density at radius 3 is 3.05 bits per heavy atom. The smallest absolute Gasteiger partial charge is 0.191 e. The second-order valence-corrected chi connectivity index (χ2v) is 4.84. The number of aromatic nitrogens is 3. The van der Waals surface area contributed by atoms with Gasteiger partial charge in [0.25, 0.3) is 0 Å². The summed E-state index contributed by atoms with van der Waals surface area (Å²) in [6.45, 7) is 6.19. The molecule has 0 saturated heterocycles. The van der Waals surface area contributed by atoms with Gasteiger partial charge in [0.15, 0.2) is 11.8 Å². The van der Waals surface area contributed by atoms with E-state index in [0.717, 1.165) is 50.0 Å². The molecule has 7 nitrogen and oxygen atoms in total. The molecule has 2 rings (SSSR count). The van der Waals surface area contributed by atoms with Crippen LogP contribution < -0.4 is 10.6 Å². The molecule has 3 N–H and O–H groups in total. The van der Waals surface area contributed by atoms with E-state index in [2.05, 4.69) is 32.6 Å². The lowest BCUT2D eigenvalue weighted by Gasteiger charge is -2.25. The van der Waals surface area contributed by atoms with Gasteiger partial charge in [-0.1, -0.05) is 6.92 Å². The van der Waals surface area contributed by atoms with Gasteiger partial charge < -0.3 is 15.7 Å². The molecule has 0 amide bonds. The molecule has 0 aromatic carbocycles. The minimum atomic E-state index is 0.0638. The number of nitrogens with zero attached hydrogens (tertiary/aromatic N) is 4. The van der Waals surface area contributed by atoms with Gasteiger partial charge in [-0.15, -0.1) is 0 Å². The molecule has 2 heterocycles. The van der Waals surface area contributed by atoms with Crippen molar-refractivity contribution in [2.75, 3.05) is 19.7 Å². The van der Waals surface area contributed by atoms with Crippen molar-refractivity contribution in [2.45, 2.75) is 45.7 Å². The molecule has 0 aliphatic carbocycles. The highest BCUT2D eigenvalue weighted by Crippen LogP contribution is 2.13. The van der Waals surface area contributed by atoms with Crippen LogP contribution in [0.2, 0.25) is 0 Å². The van der Waals surface area contributed by atoms with E-state index in [1.54, 1.807) is 0 Å². The largest absolute Gasteiger partial charge is 0.394 e. The van der Waals surface area contributed by atoms with Gasteiger partial charge in [0, 0.05) is 25.4 Å². The van der Waals surface area contributed by atoms with E-state index in [9.17, 15) is 0 Å². The van der Waals surface area contributed by atoms with Gasteiger partial charge in [-0.25, -0.2) is 9.67 Å². The van der Waals surface area contributed by atoms with Crippen LogP contribution in [0.15, 0.2) is 4.99 Å². The summed E-state index contributed by atoms with van der Waals surface area (Å²) in [4.78, 5) is 8.82. The third-order valence-corrected chi connectivity index (χ3v) is 3.27. The lowest BCUT2D eigenvalue weighted by atomic mass is 10.1. The molecule has 20 heavy (non-hydrogen) atoms. The molecular formula is C13H24N6O. The second-order valence-electron chi connectivity index (χ2n) is 4.84. The number of guanidine groups is 1. The molecule has 1 atom stereocenters. The first-order valence-corrected chi connectivity index (χ1v) is 7.35. The fraction of sp³-hybridized carbons (Fsp3) is 0.769. The number of aliphatic imine (C=N–C) groups is 1. The SMILES string of the molecule is CCNC(=NCCO)NC1CCc2nc(CC)nn2C1. The fourth-order valence-electron chi connectivity index (χ4n) is 2.30. The highest BCUT2D eigenvalue weighted by atomic mass is 16.3. The number of hydrogen-bond acceptors (Lipinski definition) is 4. The van der Waals surface area contributed by atoms with Gasteiger partial charge in [-0.2, -0.15) is 5.10 Å². The lowest BCUT2D eigenvalue weighted by molar-refractivity contribution is 0.306. The molecule has 0 bridgehead atoms. The molecule has 0 fully saturated rings. The van der Waals surface area contributed by atoms with Crippen LogP contribution in [-0.4, -0.2) is 51.6 Å². The summed E-state index contributed by atoms with van der Waals surface area (Å²) in [6.07, 6.45) is 2.83. The second kappa shape index (κ2) is 7.23. The zero-order valence-corrected chi connectivity index (χ0v) is 12.3. The normalized spacial score (nSPS) is 18.8. The first-order chi connectivity index (χ1) is 9.76. The summed E-state index contributed by atoms with van der Waals surface area (Å²) in [5.74, 6) is 2.75. The van der Waals surface area contributed by atoms with E-state index in [1.807, 2.05) is 11.6 Å². The third-order valence-electron chi connectivity index (χ3n) is 3.27. The quantitative estimate of drug-likeness (QED) is 0.509. The van der Waals surface area contributed by atoms with Crippen molar-refractivity contribution in [3.63, 3.8) is 0 Å². The predicted octanol–water partition coefficient (Wildman–Crippen LogP) is -0.297. The molecule has 0 saturated carbocycles. The lowest BCUT2D eigenvalue weighted by Crippen LogP contribution is -2.47. The van der Waals surface area contributed by atoms with Gasteiger partial charge >= 0.3 is 0 Å². The molecule has 7 heteroatoms. The molecule has 1 unspecified atom stereocenters. The molecule has 0 spiro atoms. The van der Waals surface area contributed by atoms with Crippen LogP contribution in [0.3, 0.4) is 0 Å². The summed E-state index contributed by atoms with van der Waals surface area (Å²) in [5, 5.41) is 20.0. The monoisotopic (exact) mass is 280 g/mol. The molecule has 112 valence electrons. The van der Waals surface area contributed by atoms with Crippen LogP contribution in [0.4, 0.5) is 0 Å². The molecule has 0 radical (unpaired) electrons. The van der Waals surface area contributed by atoms with Crippen LogP contribution in [-0.2, 0) is 19.4 Å². The van der Waals surface area contributed by atoms with Crippen LogP contribution in [0.1, 0.15) is 31.9 Å². The van der Waals surface area contributed by atoms with E-state index >= 15 is 0 Å². The Kier molecular flexibility index (Phi) is 5.34. The first kappa shape index (κ1) is 14.8. The minimum absolute atomic E-state index is 0.0638. The highest BCUT2D eigenvalue weighted by Gasteiger charge is 2.21. The Morgan fingerprint density at radius 1 is 1.50 bits per heavy atom. The first-order valence-electron chi connectivity index (χ1n) is 7.35. The van der Waals surface area contributed by atoms with E-state index < -0.39 is 0 Å². The maximum atomic E-state index is 8.86. The number of aliphatic hydroxyl groups is 1. The Morgan fingerprint density at radius 2 is 2.35 bits per heavy atom. The number of nitrogens with one attached hydrogen (secondary N) is 2. The average Bonchev–Trinajstić information content (AvgIpc) is 2.87. The van der Waals surface area contributed by atoms with Gasteiger partial charge in [0.2, 0.25) is 0 Å². The Labute approximate surface area is 119 Å². The van der Waals surface area contributed by atoms with Crippen LogP contribution >= 0.6 is 0 Å². The van der Waals surface area contributed by atoms with Crippen LogP contribution in [0.5, 0.6) is 0 Å². The van der Waals surface area contributed by atoms with Crippen LogP contribution in [0.25, 0.3) is 0 Å². The van der Waals surface area contributed by atoms with Gasteiger partial charge in [0.05, 0.1) is 19.7 Å². The summed E-state index contributed by atoms with van der Waals surface area (Å²) >= 11 is 0. The molecule has 1 aliphatic rings. The molecule has 1 aromatic rings. The topological polar surface area (TPSA) is 87.4 Å². The van der Waals surface area contributed by atoms with E-state index in [0.29, 0.717) is 12.6 Å². The van der Waals surface area contributed by atoms with Crippen molar-refractivity contribution in [1.82, 2.24) is 25.4 Å². The van der Waals surface area contributed by atoms with Crippen LogP contribution in [0, 0.1) is 0 Å². The van der Waals surface area contributed by atoms with E-state index in [1.165, 1.54) is 0 Å². The maximum absolute atomic E-state index is 8.86. The van der Waals surface area contributed by atoms with Crippen molar-refractivity contribution in [1.29, 1.82) is 0 Å². The molecular weight excluding hydrogens is 256 g/mol. The van der Waals surface area contributed by atoms with Crippen molar-refractivity contribution in [3.8, 4) is 0 Å². The summed E-state index contributed by atoms with van der Waals surface area (Å²) in [5.41, 5.74) is 0. The summed E-state index contributed by atoms with van der Waals surface area (Å²) < 4.78 is 2.00. The van der Waals surface area contributed by atoms with Crippen molar-refractivity contribution in [2.24, 2.45) is 4.99 Å². The highest BCUT2D eigenvalue weighted by molar-refractivity contribution is 5.80. The van der Waals surface area contributed by atoms with E-state index in [4.69, 9.17) is 5.11 Å². The average molecular weight is 280 g/mol. The number of rotatable bonds is 5. The maximum Gasteiger partial charge on any atom is 0.191 e. The van der Waals surface area contributed by atoms with Gasteiger partial charge in [-0.3, -0.25) is 4.99 Å². The minimum Gasteiger partial charge on any atom is -0.394 e. The van der Waals surface area contributed by atoms with Crippen molar-refractivity contribution >= 4 is 5.96 Å². The Hall–Kier alpha value is -1.63. The fourth-order valence-corrected chi connectivity index (χ4v) is 2.30. The standard InChI is InChI=1S/C13H24N6O/c1-3-11-17-12-6-5-10(9-19(12)18-11)16-13(14-4-2)15-7-8-20/h10,20H,3-9H2,1-2H3,(H2,14,15,16). The Balaban J connectivity index is 1.97. The van der Waals surface area contributed by atoms with E-state index in [-0.39, 0.29) is 6.61 Å². The number of aliphatic hydroxyl groups excluding tert-OH is 1. The van der Waals surface area contributed by atoms with Gasteiger partial charge in [-0.05, 0) is 13.3 Å². The summed E-state index contributed by atoms with van der Waals surface area (Å²) in [6, 6.07) is 0.297. The number of hydrogen-bond donors (Lipinski definition) is 3. The summed E-state index contributed by atoms with van der Waals surface area (Å²) in [7, 11) is 0. The predicted molar refractivity (Wildman–Crippen MR) is 77.7 cm³/mol. The molecule has 1 aromatic heterocycles. The third kappa shape index (κ3) is 3.69. The van der Waals surface area contributed by atoms with Gasteiger partial charge in [0.1, 0.15) is 5.82 Å². The molecule has 1 aliphatic heterocycles. The zero-order chi connectivity index (χ0) is 14.4. The Bertz CT molecular complexity index is 456. The number of aryl methyl sites for hydroxylation is 2.